The van der Waals surface area contributed by atoms with Crippen molar-refractivity contribution in [3.63, 3.8) is 0 Å². The van der Waals surface area contributed by atoms with Crippen LogP contribution in [0.25, 0.3) is 11.1 Å². The summed E-state index contributed by atoms with van der Waals surface area (Å²) in [6.07, 6.45) is -0.741. The van der Waals surface area contributed by atoms with E-state index in [-0.39, 0.29) is 22.6 Å². The van der Waals surface area contributed by atoms with E-state index in [0.29, 0.717) is 5.56 Å². The molecule has 0 spiro atoms. The normalized spacial score (nSPS) is 19.9. The van der Waals surface area contributed by atoms with Gasteiger partial charge in [-0.15, -0.1) is 13.2 Å². The summed E-state index contributed by atoms with van der Waals surface area (Å²) in [6, 6.07) is 8.77. The molecule has 33 heavy (non-hydrogen) atoms. The number of nitrogens with two attached hydrogens (primary N) is 1. The molecule has 3 aromatic rings. The van der Waals surface area contributed by atoms with Crippen molar-refractivity contribution in [1.29, 1.82) is 0 Å². The van der Waals surface area contributed by atoms with Gasteiger partial charge in [-0.2, -0.15) is 9.48 Å². The Morgan fingerprint density at radius 2 is 1.61 bits per heavy atom. The van der Waals surface area contributed by atoms with Crippen LogP contribution in [-0.4, -0.2) is 46.8 Å². The second-order valence-corrected chi connectivity index (χ2v) is 7.83. The zero-order chi connectivity index (χ0) is 24.0. The van der Waals surface area contributed by atoms with E-state index < -0.39 is 33.9 Å². The molecule has 0 saturated carbocycles. The Kier molecular flexibility index (Phi) is 5.16. The van der Waals surface area contributed by atoms with Crippen molar-refractivity contribution < 1.29 is 31.6 Å². The highest BCUT2D eigenvalue weighted by atomic mass is 19.4. The number of guanidine groups is 1. The molecule has 170 valence electrons. The molecule has 2 aromatic carbocycles. The van der Waals surface area contributed by atoms with E-state index in [1.54, 1.807) is 14.1 Å². The highest BCUT2D eigenvalue weighted by Crippen LogP contribution is 2.43. The van der Waals surface area contributed by atoms with Crippen molar-refractivity contribution in [3.8, 4) is 16.9 Å². The van der Waals surface area contributed by atoms with Crippen LogP contribution in [0.5, 0.6) is 5.75 Å². The topological polar surface area (TPSA) is 90.5 Å². The minimum atomic E-state index is -4.87. The molecular weight excluding hydrogens is 442 g/mol. The van der Waals surface area contributed by atoms with E-state index in [4.69, 9.17) is 5.73 Å². The SMILES string of the molecule is C[N+]1(C)C(=O)[C@@](c2ccc(OC(F)(F)F)cc2)(c2ccc(F)c(-c3cncnc3)c2)N=C1N. The summed E-state index contributed by atoms with van der Waals surface area (Å²) in [5, 5.41) is 0. The molecule has 0 radical (unpaired) electrons. The maximum atomic E-state index is 14.7. The molecule has 1 amide bonds. The first-order chi connectivity index (χ1) is 15.4. The molecule has 0 fully saturated rings. The van der Waals surface area contributed by atoms with Crippen LogP contribution in [0.3, 0.4) is 0 Å². The fraction of sp³-hybridized carbons (Fsp3) is 0.182. The minimum absolute atomic E-state index is 0.00969. The number of benzene rings is 2. The van der Waals surface area contributed by atoms with Crippen LogP contribution in [0.15, 0.2) is 66.2 Å². The molecule has 0 bridgehead atoms. The van der Waals surface area contributed by atoms with Gasteiger partial charge in [0.15, 0.2) is 0 Å². The standard InChI is InChI=1S/C22H18F4N5O2/c1-31(2)19(32)21(30-20(31)27,14-3-6-16(7-4-14)33-22(24,25)26)15-5-8-18(23)17(9-15)13-10-28-12-29-11-13/h3-12H,1-2H3,(H2,27,30)/q+1/t21-/m1/s1. The van der Waals surface area contributed by atoms with Gasteiger partial charge in [0.1, 0.15) is 17.9 Å². The largest absolute Gasteiger partial charge is 0.573 e. The number of ether oxygens (including phenoxy) is 1. The molecule has 11 heteroatoms. The van der Waals surface area contributed by atoms with Gasteiger partial charge in [0.05, 0.1) is 14.1 Å². The number of amides is 1. The van der Waals surface area contributed by atoms with Gasteiger partial charge in [0.2, 0.25) is 5.54 Å². The Labute approximate surface area is 185 Å². The third-order valence-electron chi connectivity index (χ3n) is 5.43. The summed E-state index contributed by atoms with van der Waals surface area (Å²) in [5.41, 5.74) is 5.39. The summed E-state index contributed by atoms with van der Waals surface area (Å²) in [6.45, 7) is 0. The van der Waals surface area contributed by atoms with Crippen molar-refractivity contribution in [2.75, 3.05) is 14.1 Å². The number of quaternary nitrogens is 1. The maximum absolute atomic E-state index is 14.7. The molecule has 1 aliphatic rings. The smallest absolute Gasteiger partial charge is 0.406 e. The number of aliphatic imine (C=N–C) groups is 1. The van der Waals surface area contributed by atoms with Crippen LogP contribution >= 0.6 is 0 Å². The number of likely N-dealkylation sites (N-methyl/N-ethyl adjacent to an activating group) is 1. The Morgan fingerprint density at radius 3 is 2.15 bits per heavy atom. The lowest BCUT2D eigenvalue weighted by Gasteiger charge is -2.27. The van der Waals surface area contributed by atoms with Gasteiger partial charge < -0.3 is 10.5 Å². The molecule has 1 aromatic heterocycles. The number of hydrogen-bond donors (Lipinski definition) is 1. The quantitative estimate of drug-likeness (QED) is 0.476. The second-order valence-electron chi connectivity index (χ2n) is 7.83. The Morgan fingerprint density at radius 1 is 1.00 bits per heavy atom. The summed E-state index contributed by atoms with van der Waals surface area (Å²) in [5.74, 6) is -1.51. The van der Waals surface area contributed by atoms with Gasteiger partial charge in [0, 0.05) is 23.5 Å². The predicted molar refractivity (Wildman–Crippen MR) is 110 cm³/mol. The summed E-state index contributed by atoms with van der Waals surface area (Å²) in [7, 11) is 3.08. The fourth-order valence-corrected chi connectivity index (χ4v) is 3.70. The molecule has 7 nitrogen and oxygen atoms in total. The number of halogens is 4. The van der Waals surface area contributed by atoms with Crippen molar-refractivity contribution in [3.05, 3.63) is 78.1 Å². The highest BCUT2D eigenvalue weighted by Gasteiger charge is 2.59. The molecular formula is C22H18F4N5O2+. The molecule has 0 unspecified atom stereocenters. The van der Waals surface area contributed by atoms with Gasteiger partial charge in [-0.25, -0.2) is 19.2 Å². The average Bonchev–Trinajstić information content (AvgIpc) is 2.95. The van der Waals surface area contributed by atoms with E-state index in [2.05, 4.69) is 19.7 Å². The molecule has 4 rings (SSSR count). The van der Waals surface area contributed by atoms with Gasteiger partial charge in [-0.1, -0.05) is 18.2 Å². The molecule has 0 aliphatic carbocycles. The molecule has 1 atom stereocenters. The Balaban J connectivity index is 1.91. The predicted octanol–water partition coefficient (Wildman–Crippen LogP) is 3.36. The number of nitrogens with zero attached hydrogens (tertiary/aromatic N) is 4. The second kappa shape index (κ2) is 7.62. The average molecular weight is 460 g/mol. The summed E-state index contributed by atoms with van der Waals surface area (Å²) in [4.78, 5) is 25.9. The molecule has 1 aliphatic heterocycles. The van der Waals surface area contributed by atoms with E-state index >= 15 is 0 Å². The first kappa shape index (κ1) is 22.3. The van der Waals surface area contributed by atoms with Crippen LogP contribution < -0.4 is 10.5 Å². The van der Waals surface area contributed by atoms with Gasteiger partial charge in [0.25, 0.3) is 0 Å². The van der Waals surface area contributed by atoms with Gasteiger partial charge >= 0.3 is 18.2 Å². The summed E-state index contributed by atoms with van der Waals surface area (Å²) < 4.78 is 55.9. The Bertz CT molecular complexity index is 1240. The third kappa shape index (κ3) is 3.80. The van der Waals surface area contributed by atoms with Crippen LogP contribution in [0.4, 0.5) is 17.6 Å². The third-order valence-corrected chi connectivity index (χ3v) is 5.43. The zero-order valence-corrected chi connectivity index (χ0v) is 17.5. The Hall–Kier alpha value is -3.86. The summed E-state index contributed by atoms with van der Waals surface area (Å²) >= 11 is 0. The van der Waals surface area contributed by atoms with Crippen molar-refractivity contribution in [2.45, 2.75) is 11.9 Å². The van der Waals surface area contributed by atoms with Crippen LogP contribution in [0.2, 0.25) is 0 Å². The number of aromatic nitrogens is 2. The van der Waals surface area contributed by atoms with E-state index in [1.807, 2.05) is 0 Å². The molecule has 2 heterocycles. The van der Waals surface area contributed by atoms with Crippen molar-refractivity contribution in [2.24, 2.45) is 10.7 Å². The lowest BCUT2D eigenvalue weighted by molar-refractivity contribution is -0.716. The van der Waals surface area contributed by atoms with Gasteiger partial charge in [-0.05, 0) is 35.4 Å². The van der Waals surface area contributed by atoms with Crippen LogP contribution in [-0.2, 0) is 10.3 Å². The number of carbonyl (C=O) groups excluding carboxylic acids is 1. The fourth-order valence-electron chi connectivity index (χ4n) is 3.70. The van der Waals surface area contributed by atoms with Crippen LogP contribution in [0.1, 0.15) is 11.1 Å². The molecule has 0 saturated heterocycles. The number of carbonyl (C=O) groups is 1. The first-order valence-electron chi connectivity index (χ1n) is 9.62. The number of rotatable bonds is 4. The lowest BCUT2D eigenvalue weighted by atomic mass is 9.81. The van der Waals surface area contributed by atoms with Crippen molar-refractivity contribution in [1.82, 2.24) is 9.97 Å². The van der Waals surface area contributed by atoms with Crippen LogP contribution in [0, 0.1) is 5.82 Å². The van der Waals surface area contributed by atoms with Gasteiger partial charge in [-0.3, -0.25) is 0 Å². The maximum Gasteiger partial charge on any atom is 0.573 e. The minimum Gasteiger partial charge on any atom is -0.406 e. The van der Waals surface area contributed by atoms with Crippen molar-refractivity contribution >= 4 is 11.9 Å². The number of hydrogen-bond acceptors (Lipinski definition) is 6. The zero-order valence-electron chi connectivity index (χ0n) is 17.5. The molecule has 2 N–H and O–H groups in total. The van der Waals surface area contributed by atoms with E-state index in [0.717, 1.165) is 12.1 Å². The van der Waals surface area contributed by atoms with E-state index in [9.17, 15) is 22.4 Å². The first-order valence-corrected chi connectivity index (χ1v) is 9.62. The number of alkyl halides is 3. The highest BCUT2D eigenvalue weighted by molar-refractivity contribution is 6.00. The monoisotopic (exact) mass is 460 g/mol. The van der Waals surface area contributed by atoms with E-state index in [1.165, 1.54) is 49.1 Å². The lowest BCUT2D eigenvalue weighted by Crippen LogP contribution is -2.54.